The molecule has 2 rings (SSSR count). The summed E-state index contributed by atoms with van der Waals surface area (Å²) in [5, 5.41) is 44.2. The van der Waals surface area contributed by atoms with E-state index < -0.39 is 61.2 Å². The molecule has 0 saturated carbocycles. The Labute approximate surface area is 242 Å². The van der Waals surface area contributed by atoms with E-state index in [0.29, 0.717) is 19.8 Å². The molecule has 0 aromatic heterocycles. The molecule has 0 spiro atoms. The number of amides is 2. The quantitative estimate of drug-likeness (QED) is 0.0918. The van der Waals surface area contributed by atoms with Gasteiger partial charge in [-0.25, -0.2) is 9.18 Å². The number of aliphatic hydroxyl groups is 3. The average molecular weight is 601 g/mol. The Kier molecular flexibility index (Phi) is 15.1. The third kappa shape index (κ3) is 10.8. The maximum atomic E-state index is 13.9. The summed E-state index contributed by atoms with van der Waals surface area (Å²) >= 11 is 0. The number of carboxylic acid groups (broad SMARTS) is 1. The Hall–Kier alpha value is -3.36. The Morgan fingerprint density at radius 1 is 1.07 bits per heavy atom. The van der Waals surface area contributed by atoms with Crippen molar-refractivity contribution in [2.75, 3.05) is 45.0 Å². The number of benzene rings is 1. The van der Waals surface area contributed by atoms with Crippen molar-refractivity contribution in [2.24, 2.45) is 0 Å². The zero-order valence-electron chi connectivity index (χ0n) is 23.1. The SMILES string of the molecule is C#CCCC(NC(=O)COCCOCCOCC)C(=O)Nc1ccc(OC2OC(C(=O)O)C(O)C(O)C2O)c(CF)c1. The van der Waals surface area contributed by atoms with Gasteiger partial charge in [-0.1, -0.05) is 0 Å². The summed E-state index contributed by atoms with van der Waals surface area (Å²) < 4.78 is 40.0. The molecule has 14 nitrogen and oxygen atoms in total. The molecular formula is C27H37FN2O12. The minimum Gasteiger partial charge on any atom is -0.479 e. The van der Waals surface area contributed by atoms with Crippen LogP contribution in [0.5, 0.6) is 5.75 Å². The van der Waals surface area contributed by atoms with E-state index in [1.807, 2.05) is 6.92 Å². The molecule has 15 heteroatoms. The first-order valence-electron chi connectivity index (χ1n) is 13.2. The van der Waals surface area contributed by atoms with Crippen molar-refractivity contribution in [2.45, 2.75) is 63.2 Å². The standard InChI is InChI=1S/C27H37FN2O12/c1-3-5-6-18(30-20(31)15-40-12-11-39-10-9-38-4-2)25(35)29-17-7-8-19(16(13-17)14-28)41-27-23(34)21(32)22(33)24(42-27)26(36)37/h1,7-8,13,18,21-24,27,32-34H,4-6,9-12,14-15H2,2H3,(H,29,35)(H,30,31)(H,36,37). The van der Waals surface area contributed by atoms with E-state index in [-0.39, 0.29) is 49.7 Å². The lowest BCUT2D eigenvalue weighted by Gasteiger charge is -2.38. The van der Waals surface area contributed by atoms with Crippen molar-refractivity contribution >= 4 is 23.5 Å². The first kappa shape index (κ1) is 34.8. The molecule has 42 heavy (non-hydrogen) atoms. The second-order valence-corrected chi connectivity index (χ2v) is 9.02. The zero-order chi connectivity index (χ0) is 31.1. The molecular weight excluding hydrogens is 563 g/mol. The van der Waals surface area contributed by atoms with Gasteiger partial charge < -0.3 is 54.7 Å². The summed E-state index contributed by atoms with van der Waals surface area (Å²) in [6.07, 6.45) is -3.72. The molecule has 0 aliphatic carbocycles. The molecule has 234 valence electrons. The molecule has 0 bridgehead atoms. The molecule has 1 fully saturated rings. The van der Waals surface area contributed by atoms with E-state index in [1.54, 1.807) is 0 Å². The molecule has 1 aliphatic rings. The number of alkyl halides is 1. The van der Waals surface area contributed by atoms with Crippen LogP contribution in [0.4, 0.5) is 10.1 Å². The zero-order valence-corrected chi connectivity index (χ0v) is 23.1. The lowest BCUT2D eigenvalue weighted by Crippen LogP contribution is -2.61. The van der Waals surface area contributed by atoms with Crippen molar-refractivity contribution < 1.29 is 62.9 Å². The number of hydrogen-bond acceptors (Lipinski definition) is 11. The molecule has 1 aromatic rings. The highest BCUT2D eigenvalue weighted by atomic mass is 19.1. The normalized spacial score (nSPS) is 22.5. The fraction of sp³-hybridized carbons (Fsp3) is 0.593. The molecule has 0 radical (unpaired) electrons. The largest absolute Gasteiger partial charge is 0.479 e. The molecule has 6 atom stereocenters. The summed E-state index contributed by atoms with van der Waals surface area (Å²) in [4.78, 5) is 36.5. The van der Waals surface area contributed by atoms with Gasteiger partial charge in [0.15, 0.2) is 6.10 Å². The van der Waals surface area contributed by atoms with Crippen LogP contribution in [0.3, 0.4) is 0 Å². The third-order valence-corrected chi connectivity index (χ3v) is 5.94. The summed E-state index contributed by atoms with van der Waals surface area (Å²) in [5.41, 5.74) is 0.0153. The number of anilines is 1. The van der Waals surface area contributed by atoms with Crippen molar-refractivity contribution in [3.63, 3.8) is 0 Å². The summed E-state index contributed by atoms with van der Waals surface area (Å²) in [7, 11) is 0. The summed E-state index contributed by atoms with van der Waals surface area (Å²) in [6.45, 7) is 2.28. The van der Waals surface area contributed by atoms with Gasteiger partial charge in [0.1, 0.15) is 43.4 Å². The van der Waals surface area contributed by atoms with Crippen LogP contribution in [0.2, 0.25) is 0 Å². The van der Waals surface area contributed by atoms with E-state index in [9.17, 15) is 39.2 Å². The number of halogens is 1. The number of ether oxygens (including phenoxy) is 5. The molecule has 6 unspecified atom stereocenters. The van der Waals surface area contributed by atoms with E-state index in [0.717, 1.165) is 0 Å². The Morgan fingerprint density at radius 2 is 1.76 bits per heavy atom. The first-order chi connectivity index (χ1) is 20.1. The number of aliphatic hydroxyl groups excluding tert-OH is 3. The minimum atomic E-state index is -1.92. The highest BCUT2D eigenvalue weighted by molar-refractivity contribution is 5.97. The third-order valence-electron chi connectivity index (χ3n) is 5.94. The fourth-order valence-electron chi connectivity index (χ4n) is 3.76. The first-order valence-corrected chi connectivity index (χ1v) is 13.2. The van der Waals surface area contributed by atoms with Crippen molar-refractivity contribution in [1.82, 2.24) is 5.32 Å². The van der Waals surface area contributed by atoms with Crippen LogP contribution in [0.25, 0.3) is 0 Å². The van der Waals surface area contributed by atoms with Crippen LogP contribution >= 0.6 is 0 Å². The van der Waals surface area contributed by atoms with Gasteiger partial charge in [0.25, 0.3) is 0 Å². The Morgan fingerprint density at radius 3 is 2.40 bits per heavy atom. The van der Waals surface area contributed by atoms with Gasteiger partial charge in [-0.05, 0) is 31.5 Å². The second-order valence-electron chi connectivity index (χ2n) is 9.02. The summed E-state index contributed by atoms with van der Waals surface area (Å²) in [5.74, 6) is -0.583. The van der Waals surface area contributed by atoms with Crippen LogP contribution in [0, 0.1) is 12.3 Å². The van der Waals surface area contributed by atoms with Crippen LogP contribution in [-0.2, 0) is 40.0 Å². The number of carboxylic acids is 1. The molecule has 1 aromatic carbocycles. The van der Waals surface area contributed by atoms with Gasteiger partial charge in [-0.3, -0.25) is 9.59 Å². The maximum absolute atomic E-state index is 13.9. The van der Waals surface area contributed by atoms with Crippen LogP contribution < -0.4 is 15.4 Å². The monoisotopic (exact) mass is 600 g/mol. The highest BCUT2D eigenvalue weighted by Gasteiger charge is 2.48. The Balaban J connectivity index is 1.98. The number of hydrogen-bond donors (Lipinski definition) is 6. The molecule has 2 amide bonds. The number of aliphatic carboxylic acids is 1. The van der Waals surface area contributed by atoms with Gasteiger partial charge in [-0.15, -0.1) is 12.3 Å². The number of terminal acetylenes is 1. The van der Waals surface area contributed by atoms with Gasteiger partial charge in [0.2, 0.25) is 18.1 Å². The molecule has 1 saturated heterocycles. The fourth-order valence-corrected chi connectivity index (χ4v) is 3.76. The van der Waals surface area contributed by atoms with Gasteiger partial charge in [-0.2, -0.15) is 0 Å². The topological polar surface area (TPSA) is 202 Å². The smallest absolute Gasteiger partial charge is 0.335 e. The predicted octanol–water partition coefficient (Wildman–Crippen LogP) is -0.666. The van der Waals surface area contributed by atoms with E-state index >= 15 is 0 Å². The minimum absolute atomic E-state index is 0.113. The Bertz CT molecular complexity index is 1070. The molecule has 1 heterocycles. The number of nitrogens with one attached hydrogen (secondary N) is 2. The van der Waals surface area contributed by atoms with Crippen LogP contribution in [0.1, 0.15) is 25.3 Å². The lowest BCUT2D eigenvalue weighted by atomic mass is 9.99. The highest BCUT2D eigenvalue weighted by Crippen LogP contribution is 2.29. The second kappa shape index (κ2) is 18.2. The van der Waals surface area contributed by atoms with E-state index in [1.165, 1.54) is 18.2 Å². The maximum Gasteiger partial charge on any atom is 0.335 e. The summed E-state index contributed by atoms with van der Waals surface area (Å²) in [6, 6.07) is 2.75. The van der Waals surface area contributed by atoms with Gasteiger partial charge in [0, 0.05) is 24.3 Å². The van der Waals surface area contributed by atoms with Crippen LogP contribution in [0.15, 0.2) is 18.2 Å². The predicted molar refractivity (Wildman–Crippen MR) is 143 cm³/mol. The number of rotatable bonds is 18. The lowest BCUT2D eigenvalue weighted by molar-refractivity contribution is -0.271. The van der Waals surface area contributed by atoms with Crippen molar-refractivity contribution in [3.05, 3.63) is 23.8 Å². The molecule has 6 N–H and O–H groups in total. The van der Waals surface area contributed by atoms with Crippen LogP contribution in [-0.4, -0.2) is 115 Å². The van der Waals surface area contributed by atoms with Gasteiger partial charge >= 0.3 is 5.97 Å². The number of carbonyl (C=O) groups excluding carboxylic acids is 2. The number of carbonyl (C=O) groups is 3. The van der Waals surface area contributed by atoms with E-state index in [4.69, 9.17) is 30.1 Å². The average Bonchev–Trinajstić information content (AvgIpc) is 2.97. The van der Waals surface area contributed by atoms with E-state index in [2.05, 4.69) is 16.6 Å². The van der Waals surface area contributed by atoms with Crippen molar-refractivity contribution in [1.29, 1.82) is 0 Å². The molecule has 1 aliphatic heterocycles. The van der Waals surface area contributed by atoms with Crippen molar-refractivity contribution in [3.8, 4) is 18.1 Å². The van der Waals surface area contributed by atoms with Gasteiger partial charge in [0.05, 0.1) is 26.4 Å².